The van der Waals surface area contributed by atoms with Gasteiger partial charge in [0.05, 0.1) is 38.5 Å². The minimum absolute atomic E-state index is 0. The second-order valence-electron chi connectivity index (χ2n) is 16.7. The smallest absolute Gasteiger partial charge is 0.509 e. The Balaban J connectivity index is 0.00000596. The Labute approximate surface area is 390 Å². The Morgan fingerprint density at radius 2 is 1.31 bits per heavy atom. The molecule has 10 aromatic rings. The molecule has 4 heterocycles. The second kappa shape index (κ2) is 14.8. The van der Waals surface area contributed by atoms with Crippen molar-refractivity contribution >= 4 is 51.3 Å². The molecule has 7 aromatic carbocycles. The van der Waals surface area contributed by atoms with Gasteiger partial charge < -0.3 is 9.30 Å². The third-order valence-corrected chi connectivity index (χ3v) is 15.2. The van der Waals surface area contributed by atoms with Crippen molar-refractivity contribution in [1.82, 2.24) is 18.7 Å². The van der Waals surface area contributed by atoms with Crippen LogP contribution in [0, 0.1) is 12.1 Å². The molecule has 0 unspecified atom stereocenters. The third-order valence-electron chi connectivity index (χ3n) is 11.7. The van der Waals surface area contributed by atoms with Crippen molar-refractivity contribution < 1.29 is 39.5 Å². The fraction of sp³-hybridized carbons (Fsp3) is 0.111. The Morgan fingerprint density at radius 3 is 2.02 bits per heavy atom. The van der Waals surface area contributed by atoms with E-state index in [0.717, 1.165) is 43.6 Å². The molecule has 62 heavy (non-hydrogen) atoms. The van der Waals surface area contributed by atoms with Crippen molar-refractivity contribution in [3.05, 3.63) is 192 Å². The molecule has 11 rings (SSSR count). The topological polar surface area (TPSA) is 54.0 Å². The molecule has 0 fully saturated rings. The van der Waals surface area contributed by atoms with E-state index in [0.29, 0.717) is 28.2 Å². The van der Waals surface area contributed by atoms with Crippen LogP contribution in [0.25, 0.3) is 72.3 Å². The standard InChI is InChI=1S/C54H42N4O2Si.Pt/c1-54(2,3)37-30-31-55-50(32-37)56-44-23-13-12-20-42(44)43-28-26-38(33-46(43)56)60-39-27-29-48-47(34-39)58-52-45(24-15-25-49(52)61(48,4)5)57(53(58)59)51-40(35-16-8-6-9-17-35)21-14-22-41(51)36-18-10-7-11-19-36;/h6-32H,1-5H3;/q-2;+2/i6D,7D,8D,9D,10D,11D,16D,17D,18D,19D;. The van der Waals surface area contributed by atoms with Crippen LogP contribution in [0.1, 0.15) is 40.0 Å². The third kappa shape index (κ3) is 6.17. The fourth-order valence-corrected chi connectivity index (χ4v) is 11.7. The molecule has 0 saturated carbocycles. The second-order valence-corrected chi connectivity index (χ2v) is 21.1. The summed E-state index contributed by atoms with van der Waals surface area (Å²) in [5, 5.41) is 3.76. The van der Waals surface area contributed by atoms with Gasteiger partial charge in [-0.25, -0.2) is 9.78 Å². The van der Waals surface area contributed by atoms with Crippen LogP contribution in [0.3, 0.4) is 0 Å². The van der Waals surface area contributed by atoms with Gasteiger partial charge in [0, 0.05) is 34.3 Å². The number of nitrogens with zero attached hydrogens (tertiary/aromatic N) is 4. The summed E-state index contributed by atoms with van der Waals surface area (Å²) in [4.78, 5) is 20.6. The van der Waals surface area contributed by atoms with E-state index in [9.17, 15) is 0 Å². The number of hydrogen-bond acceptors (Lipinski definition) is 3. The molecule has 0 N–H and O–H groups in total. The molecule has 1 aliphatic rings. The van der Waals surface area contributed by atoms with Gasteiger partial charge in [0.2, 0.25) is 0 Å². The van der Waals surface area contributed by atoms with Gasteiger partial charge in [-0.1, -0.05) is 154 Å². The summed E-state index contributed by atoms with van der Waals surface area (Å²) in [6.07, 6.45) is 1.82. The number of fused-ring (bicyclic) bond motifs is 5. The number of aromatic nitrogens is 4. The number of pyridine rings is 1. The van der Waals surface area contributed by atoms with Gasteiger partial charge in [-0.3, -0.25) is 9.13 Å². The van der Waals surface area contributed by atoms with E-state index < -0.39 is 74.2 Å². The van der Waals surface area contributed by atoms with Crippen molar-refractivity contribution in [2.75, 3.05) is 0 Å². The molecule has 0 saturated heterocycles. The number of para-hydroxylation sites is 3. The van der Waals surface area contributed by atoms with Gasteiger partial charge in [-0.2, -0.15) is 12.1 Å². The average Bonchev–Trinajstić information content (AvgIpc) is 3.84. The number of ether oxygens (including phenoxy) is 1. The van der Waals surface area contributed by atoms with E-state index in [1.165, 1.54) is 27.3 Å². The molecular weight excluding hydrogens is 960 g/mol. The SMILES string of the molecule is [2H]c1c([2H])c([2H])c(-c2cccc(-c3c([2H])c([2H])c([2H])c([2H])c3[2H])c2-n2c(=O)n3c4c(cccc42)[Si](C)(C)c2ccc(Oc4[c-]c5c(cc4)c4ccccc4n5-c4cc(C(C)(C)C)ccn4)[c-]c2-3)c([2H])c1[2H].[Pt+2]. The van der Waals surface area contributed by atoms with Crippen LogP contribution < -0.4 is 20.8 Å². The van der Waals surface area contributed by atoms with Crippen LogP contribution >= 0.6 is 0 Å². The first-order chi connectivity index (χ1) is 33.7. The first-order valence-corrected chi connectivity index (χ1v) is 22.9. The summed E-state index contributed by atoms with van der Waals surface area (Å²) in [6.45, 7) is 10.8. The molecule has 0 radical (unpaired) electrons. The molecular formula is C54H42N4O2PtSi. The largest absolute Gasteiger partial charge is 2.00 e. The van der Waals surface area contributed by atoms with Gasteiger partial charge in [-0.05, 0) is 56.9 Å². The molecule has 3 aromatic heterocycles. The van der Waals surface area contributed by atoms with Crippen molar-refractivity contribution in [3.63, 3.8) is 0 Å². The van der Waals surface area contributed by atoms with Gasteiger partial charge >= 0.3 is 26.8 Å². The molecule has 0 bridgehead atoms. The van der Waals surface area contributed by atoms with Crippen molar-refractivity contribution in [2.24, 2.45) is 0 Å². The summed E-state index contributed by atoms with van der Waals surface area (Å²) in [5.41, 5.74) is 2.94. The maximum Gasteiger partial charge on any atom is 2.00 e. The molecule has 1 aliphatic heterocycles. The Bertz CT molecular complexity index is 3900. The molecule has 0 spiro atoms. The molecule has 6 nitrogen and oxygen atoms in total. The van der Waals surface area contributed by atoms with Gasteiger partial charge in [0.1, 0.15) is 5.82 Å². The number of rotatable bonds is 6. The molecule has 0 atom stereocenters. The normalized spacial score (nSPS) is 15.2. The maximum absolute atomic E-state index is 15.8. The van der Waals surface area contributed by atoms with E-state index >= 15 is 4.79 Å². The quantitative estimate of drug-likeness (QED) is 0.123. The minimum Gasteiger partial charge on any atom is -0.509 e. The zero-order valence-electron chi connectivity index (χ0n) is 44.2. The van der Waals surface area contributed by atoms with Crippen molar-refractivity contribution in [1.29, 1.82) is 0 Å². The van der Waals surface area contributed by atoms with Gasteiger partial charge in [-0.15, -0.1) is 34.8 Å². The summed E-state index contributed by atoms with van der Waals surface area (Å²) in [5.74, 6) is 1.42. The van der Waals surface area contributed by atoms with E-state index in [4.69, 9.17) is 23.4 Å². The minimum atomic E-state index is -2.68. The summed E-state index contributed by atoms with van der Waals surface area (Å²) in [6, 6.07) is 31.1. The number of benzene rings is 7. The zero-order valence-corrected chi connectivity index (χ0v) is 37.5. The first-order valence-electron chi connectivity index (χ1n) is 24.9. The van der Waals surface area contributed by atoms with E-state index in [1.807, 2.05) is 60.8 Å². The van der Waals surface area contributed by atoms with E-state index in [1.54, 1.807) is 6.07 Å². The molecule has 304 valence electrons. The Kier molecular flexibility index (Phi) is 7.10. The first kappa shape index (κ1) is 29.7. The van der Waals surface area contributed by atoms with Gasteiger partial charge in [0.15, 0.2) is 0 Å². The Morgan fingerprint density at radius 1 is 0.661 bits per heavy atom. The molecule has 8 heteroatoms. The fourth-order valence-electron chi connectivity index (χ4n) is 8.78. The summed E-state index contributed by atoms with van der Waals surface area (Å²) >= 11 is 0. The predicted octanol–water partition coefficient (Wildman–Crippen LogP) is 11.4. The number of imidazole rings is 1. The zero-order chi connectivity index (χ0) is 50.3. The molecule has 0 amide bonds. The van der Waals surface area contributed by atoms with E-state index in [2.05, 4.69) is 68.8 Å². The van der Waals surface area contributed by atoms with Gasteiger partial charge in [0.25, 0.3) is 0 Å². The van der Waals surface area contributed by atoms with Crippen LogP contribution in [-0.4, -0.2) is 26.8 Å². The van der Waals surface area contributed by atoms with Crippen LogP contribution in [0.5, 0.6) is 11.5 Å². The van der Waals surface area contributed by atoms with E-state index in [-0.39, 0.29) is 54.4 Å². The van der Waals surface area contributed by atoms with Crippen LogP contribution in [0.2, 0.25) is 13.1 Å². The van der Waals surface area contributed by atoms with Crippen LogP contribution in [0.15, 0.2) is 168 Å². The monoisotopic (exact) mass is 1010 g/mol. The summed E-state index contributed by atoms with van der Waals surface area (Å²) < 4.78 is 99.0. The van der Waals surface area contributed by atoms with Crippen LogP contribution in [0.4, 0.5) is 0 Å². The maximum atomic E-state index is 15.8. The summed E-state index contributed by atoms with van der Waals surface area (Å²) in [7, 11) is -2.68. The Hall–Kier alpha value is -6.53. The average molecular weight is 1010 g/mol. The van der Waals surface area contributed by atoms with Crippen LogP contribution in [-0.2, 0) is 26.5 Å². The van der Waals surface area contributed by atoms with Crippen molar-refractivity contribution in [2.45, 2.75) is 39.3 Å². The molecule has 0 aliphatic carbocycles. The predicted molar refractivity (Wildman–Crippen MR) is 252 cm³/mol. The number of hydrogen-bond donors (Lipinski definition) is 0. The van der Waals surface area contributed by atoms with Crippen molar-refractivity contribution in [3.8, 4) is 50.9 Å².